The van der Waals surface area contributed by atoms with Crippen molar-refractivity contribution in [2.24, 2.45) is 0 Å². The molecule has 2 aromatic carbocycles. The van der Waals surface area contributed by atoms with Crippen molar-refractivity contribution in [1.82, 2.24) is 14.7 Å². The van der Waals surface area contributed by atoms with Gasteiger partial charge in [0.15, 0.2) is 0 Å². The van der Waals surface area contributed by atoms with Crippen LogP contribution in [0.25, 0.3) is 0 Å². The van der Waals surface area contributed by atoms with Crippen molar-refractivity contribution >= 4 is 23.2 Å². The Morgan fingerprint density at radius 1 is 1.00 bits per heavy atom. The van der Waals surface area contributed by atoms with Gasteiger partial charge in [-0.15, -0.1) is 0 Å². The number of hydrogen-bond donors (Lipinski definition) is 0. The highest BCUT2D eigenvalue weighted by molar-refractivity contribution is 6.30. The van der Waals surface area contributed by atoms with Crippen LogP contribution >= 0.6 is 11.6 Å². The second-order valence-corrected chi connectivity index (χ2v) is 8.34. The standard InChI is InChI=1S/C24H27ClN4O/c1-17-9-10-21(25)15-22(17)27-11-13-28(14-12-27)24(30)23-18(2)26-29(19(23)3)16-20-7-5-4-6-8-20/h4-10,15H,11-14,16H2,1-3H3. The zero-order chi connectivity index (χ0) is 21.3. The van der Waals surface area contributed by atoms with E-state index < -0.39 is 0 Å². The molecule has 0 aliphatic carbocycles. The molecule has 0 atom stereocenters. The van der Waals surface area contributed by atoms with Crippen molar-refractivity contribution in [2.75, 3.05) is 31.1 Å². The zero-order valence-electron chi connectivity index (χ0n) is 17.7. The Morgan fingerprint density at radius 3 is 2.40 bits per heavy atom. The molecule has 0 N–H and O–H groups in total. The predicted octanol–water partition coefficient (Wildman–Crippen LogP) is 4.47. The second-order valence-electron chi connectivity index (χ2n) is 7.90. The molecule has 156 valence electrons. The summed E-state index contributed by atoms with van der Waals surface area (Å²) in [6, 6.07) is 16.2. The summed E-state index contributed by atoms with van der Waals surface area (Å²) in [5.74, 6) is 0.0757. The second kappa shape index (κ2) is 8.52. The number of aryl methyl sites for hydroxylation is 2. The molecule has 0 spiro atoms. The van der Waals surface area contributed by atoms with Crippen molar-refractivity contribution in [2.45, 2.75) is 27.3 Å². The fraction of sp³-hybridized carbons (Fsp3) is 0.333. The summed E-state index contributed by atoms with van der Waals surface area (Å²) >= 11 is 6.19. The van der Waals surface area contributed by atoms with Crippen LogP contribution in [0.5, 0.6) is 0 Å². The van der Waals surface area contributed by atoms with Crippen LogP contribution in [0.3, 0.4) is 0 Å². The third-order valence-electron chi connectivity index (χ3n) is 5.85. The lowest BCUT2D eigenvalue weighted by Crippen LogP contribution is -2.49. The number of amides is 1. The molecular formula is C24H27ClN4O. The van der Waals surface area contributed by atoms with Crippen LogP contribution in [0.4, 0.5) is 5.69 Å². The lowest BCUT2D eigenvalue weighted by Gasteiger charge is -2.37. The van der Waals surface area contributed by atoms with Gasteiger partial charge in [0.1, 0.15) is 0 Å². The predicted molar refractivity (Wildman–Crippen MR) is 122 cm³/mol. The van der Waals surface area contributed by atoms with Gasteiger partial charge in [0.2, 0.25) is 0 Å². The van der Waals surface area contributed by atoms with Gasteiger partial charge < -0.3 is 9.80 Å². The number of anilines is 1. The van der Waals surface area contributed by atoms with E-state index in [-0.39, 0.29) is 5.91 Å². The van der Waals surface area contributed by atoms with Gasteiger partial charge in [-0.3, -0.25) is 9.48 Å². The smallest absolute Gasteiger partial charge is 0.257 e. The average molecular weight is 423 g/mol. The van der Waals surface area contributed by atoms with Crippen LogP contribution in [-0.4, -0.2) is 46.8 Å². The van der Waals surface area contributed by atoms with Crippen molar-refractivity contribution < 1.29 is 4.79 Å². The Hall–Kier alpha value is -2.79. The number of hydrogen-bond acceptors (Lipinski definition) is 3. The summed E-state index contributed by atoms with van der Waals surface area (Å²) in [7, 11) is 0. The Kier molecular flexibility index (Phi) is 5.82. The number of benzene rings is 2. The van der Waals surface area contributed by atoms with Gasteiger partial charge in [-0.1, -0.05) is 48.0 Å². The molecule has 4 rings (SSSR count). The highest BCUT2D eigenvalue weighted by Gasteiger charge is 2.27. The maximum Gasteiger partial charge on any atom is 0.257 e. The Morgan fingerprint density at radius 2 is 1.70 bits per heavy atom. The monoisotopic (exact) mass is 422 g/mol. The minimum absolute atomic E-state index is 0.0757. The molecule has 0 saturated carbocycles. The van der Waals surface area contributed by atoms with E-state index in [1.165, 1.54) is 11.1 Å². The van der Waals surface area contributed by atoms with Crippen LogP contribution < -0.4 is 4.90 Å². The third kappa shape index (κ3) is 4.08. The van der Waals surface area contributed by atoms with Gasteiger partial charge in [0.25, 0.3) is 5.91 Å². The lowest BCUT2D eigenvalue weighted by molar-refractivity contribution is 0.0745. The van der Waals surface area contributed by atoms with Crippen molar-refractivity contribution in [3.8, 4) is 0 Å². The summed E-state index contributed by atoms with van der Waals surface area (Å²) in [5, 5.41) is 5.39. The fourth-order valence-electron chi connectivity index (χ4n) is 4.15. The van der Waals surface area contributed by atoms with E-state index in [1.807, 2.05) is 59.8 Å². The summed E-state index contributed by atoms with van der Waals surface area (Å²) in [6.45, 7) is 9.64. The van der Waals surface area contributed by atoms with Gasteiger partial charge in [-0.05, 0) is 44.0 Å². The molecule has 5 nitrogen and oxygen atoms in total. The maximum atomic E-state index is 13.3. The molecule has 1 saturated heterocycles. The average Bonchev–Trinajstić information content (AvgIpc) is 3.03. The molecule has 1 aliphatic rings. The largest absolute Gasteiger partial charge is 0.368 e. The van der Waals surface area contributed by atoms with E-state index in [4.69, 9.17) is 11.6 Å². The van der Waals surface area contributed by atoms with Crippen molar-refractivity contribution in [1.29, 1.82) is 0 Å². The first kappa shape index (κ1) is 20.5. The van der Waals surface area contributed by atoms with Crippen molar-refractivity contribution in [3.05, 3.63) is 81.6 Å². The summed E-state index contributed by atoms with van der Waals surface area (Å²) in [6.07, 6.45) is 0. The third-order valence-corrected chi connectivity index (χ3v) is 6.08. The minimum atomic E-state index is 0.0757. The lowest BCUT2D eigenvalue weighted by atomic mass is 10.1. The van der Waals surface area contributed by atoms with Gasteiger partial charge >= 0.3 is 0 Å². The molecule has 1 aromatic heterocycles. The van der Waals surface area contributed by atoms with E-state index in [9.17, 15) is 4.79 Å². The number of carbonyl (C=O) groups excluding carboxylic acids is 1. The normalized spacial score (nSPS) is 14.3. The number of rotatable bonds is 4. The molecule has 6 heteroatoms. The minimum Gasteiger partial charge on any atom is -0.368 e. The maximum absolute atomic E-state index is 13.3. The quantitative estimate of drug-likeness (QED) is 0.622. The first-order chi connectivity index (χ1) is 14.4. The number of aromatic nitrogens is 2. The van der Waals surface area contributed by atoms with E-state index >= 15 is 0 Å². The molecule has 0 unspecified atom stereocenters. The van der Waals surface area contributed by atoms with Gasteiger partial charge in [0, 0.05) is 42.6 Å². The molecule has 1 amide bonds. The first-order valence-electron chi connectivity index (χ1n) is 10.3. The molecule has 0 radical (unpaired) electrons. The Bertz CT molecular complexity index is 1050. The Labute approximate surface area is 182 Å². The molecule has 1 fully saturated rings. The van der Waals surface area contributed by atoms with E-state index in [2.05, 4.69) is 29.1 Å². The fourth-order valence-corrected chi connectivity index (χ4v) is 4.31. The number of halogens is 1. The SMILES string of the molecule is Cc1ccc(Cl)cc1N1CCN(C(=O)c2c(C)nn(Cc3ccccc3)c2C)CC1. The number of nitrogens with zero attached hydrogens (tertiary/aromatic N) is 4. The van der Waals surface area contributed by atoms with Gasteiger partial charge in [0.05, 0.1) is 17.8 Å². The summed E-state index contributed by atoms with van der Waals surface area (Å²) < 4.78 is 1.93. The van der Waals surface area contributed by atoms with Gasteiger partial charge in [-0.2, -0.15) is 5.10 Å². The number of carbonyl (C=O) groups is 1. The van der Waals surface area contributed by atoms with E-state index in [1.54, 1.807) is 0 Å². The van der Waals surface area contributed by atoms with E-state index in [0.717, 1.165) is 40.8 Å². The molecule has 3 aromatic rings. The van der Waals surface area contributed by atoms with Crippen LogP contribution in [0, 0.1) is 20.8 Å². The molecule has 1 aliphatic heterocycles. The topological polar surface area (TPSA) is 41.4 Å². The highest BCUT2D eigenvalue weighted by Crippen LogP contribution is 2.26. The Balaban J connectivity index is 1.47. The van der Waals surface area contributed by atoms with E-state index in [0.29, 0.717) is 19.6 Å². The molecule has 2 heterocycles. The van der Waals surface area contributed by atoms with Crippen molar-refractivity contribution in [3.63, 3.8) is 0 Å². The van der Waals surface area contributed by atoms with Crippen LogP contribution in [0.15, 0.2) is 48.5 Å². The summed E-state index contributed by atoms with van der Waals surface area (Å²) in [4.78, 5) is 17.6. The highest BCUT2D eigenvalue weighted by atomic mass is 35.5. The van der Waals surface area contributed by atoms with Crippen LogP contribution in [0.2, 0.25) is 5.02 Å². The molecular weight excluding hydrogens is 396 g/mol. The van der Waals surface area contributed by atoms with Crippen LogP contribution in [0.1, 0.15) is 32.9 Å². The van der Waals surface area contributed by atoms with Gasteiger partial charge in [-0.25, -0.2) is 0 Å². The molecule has 0 bridgehead atoms. The summed E-state index contributed by atoms with van der Waals surface area (Å²) in [5.41, 5.74) is 5.98. The van der Waals surface area contributed by atoms with Crippen LogP contribution in [-0.2, 0) is 6.54 Å². The molecule has 30 heavy (non-hydrogen) atoms. The first-order valence-corrected chi connectivity index (χ1v) is 10.7. The zero-order valence-corrected chi connectivity index (χ0v) is 18.5. The number of piperazine rings is 1.